The summed E-state index contributed by atoms with van der Waals surface area (Å²) in [5.74, 6) is -0.575. The summed E-state index contributed by atoms with van der Waals surface area (Å²) >= 11 is 5.07. The van der Waals surface area contributed by atoms with E-state index in [9.17, 15) is 34.2 Å². The molecule has 0 aliphatic carbocycles. The van der Waals surface area contributed by atoms with Gasteiger partial charge >= 0.3 is 0 Å². The number of aromatic amines is 2. The van der Waals surface area contributed by atoms with Crippen molar-refractivity contribution in [1.29, 1.82) is 0 Å². The van der Waals surface area contributed by atoms with E-state index in [-0.39, 0.29) is 34.2 Å². The molecule has 3 unspecified atom stereocenters. The van der Waals surface area contributed by atoms with E-state index in [0.29, 0.717) is 0 Å². The fraction of sp³-hybridized carbons (Fsp3) is 0.500. The maximum Gasteiger partial charge on any atom is 0.280 e. The molecule has 3 fully saturated rings. The number of nitrogen functional groups attached to an aromatic ring is 2. The number of nitrogens with one attached hydrogen (secondary N) is 2. The highest BCUT2D eigenvalue weighted by Crippen LogP contribution is 2.51. The molecule has 4 aromatic rings. The minimum Gasteiger partial charge on any atom is -0.780 e. The van der Waals surface area contributed by atoms with Crippen molar-refractivity contribution >= 4 is 60.6 Å². The first kappa shape index (κ1) is 31.4. The van der Waals surface area contributed by atoms with Crippen LogP contribution in [0.5, 0.6) is 0 Å². The predicted molar refractivity (Wildman–Crippen MR) is 148 cm³/mol. The lowest BCUT2D eigenvalue weighted by Crippen LogP contribution is -2.39. The van der Waals surface area contributed by atoms with E-state index in [1.807, 2.05) is 0 Å². The zero-order chi connectivity index (χ0) is 32.7. The topological polar surface area (TPSA) is 338 Å². The third kappa shape index (κ3) is 5.45. The number of hydrogen-bond donors (Lipinski definition) is 6. The van der Waals surface area contributed by atoms with Crippen LogP contribution in [0.3, 0.4) is 0 Å². The molecule has 3 aliphatic rings. The molecule has 7 rings (SSSR count). The molecule has 3 aliphatic heterocycles. The van der Waals surface area contributed by atoms with Crippen LogP contribution in [0.15, 0.2) is 22.2 Å². The van der Waals surface area contributed by atoms with Crippen LogP contribution in [-0.2, 0) is 43.9 Å². The minimum atomic E-state index is -5.36. The molecule has 0 amide bonds. The van der Waals surface area contributed by atoms with Crippen LogP contribution in [0.25, 0.3) is 22.3 Å². The fourth-order valence-electron chi connectivity index (χ4n) is 5.33. The molecule has 248 valence electrons. The number of H-pyrrole nitrogens is 2. The highest BCUT2D eigenvalue weighted by Gasteiger charge is 2.51. The van der Waals surface area contributed by atoms with E-state index >= 15 is 0 Å². The normalized spacial score (nSPS) is 37.1. The number of aliphatic hydroxyl groups is 2. The van der Waals surface area contributed by atoms with Gasteiger partial charge in [-0.25, -0.2) is 9.97 Å². The summed E-state index contributed by atoms with van der Waals surface area (Å²) in [6, 6.07) is 0. The number of aromatic nitrogens is 8. The van der Waals surface area contributed by atoms with E-state index in [1.165, 1.54) is 0 Å². The quantitative estimate of drug-likeness (QED) is 0.108. The second-order valence-electron chi connectivity index (χ2n) is 10.3. The smallest absolute Gasteiger partial charge is 0.280 e. The Morgan fingerprint density at radius 1 is 0.848 bits per heavy atom. The Labute approximate surface area is 258 Å². The third-order valence-electron chi connectivity index (χ3n) is 7.37. The summed E-state index contributed by atoms with van der Waals surface area (Å²) in [7, 11) is -5.36. The summed E-state index contributed by atoms with van der Waals surface area (Å²) in [4.78, 5) is 71.5. The number of phosphoric ester groups is 1. The summed E-state index contributed by atoms with van der Waals surface area (Å²) in [6.07, 6.45) is -10.7. The van der Waals surface area contributed by atoms with Gasteiger partial charge in [0.05, 0.1) is 25.9 Å². The number of nitrogens with zero attached hydrogens (tertiary/aromatic N) is 6. The minimum absolute atomic E-state index is 0.116. The number of aliphatic hydroxyl groups excluding tert-OH is 2. The van der Waals surface area contributed by atoms with Crippen molar-refractivity contribution < 1.29 is 52.1 Å². The largest absolute Gasteiger partial charge is 0.780 e. The highest BCUT2D eigenvalue weighted by atomic mass is 32.5. The molecule has 7 heterocycles. The first-order chi connectivity index (χ1) is 21.7. The average Bonchev–Trinajstić information content (AvgIpc) is 3.72. The lowest BCUT2D eigenvalue weighted by Gasteiger charge is -2.34. The van der Waals surface area contributed by atoms with E-state index in [1.54, 1.807) is 0 Å². The summed E-state index contributed by atoms with van der Waals surface area (Å²) in [5.41, 5.74) is 9.30. The van der Waals surface area contributed by atoms with Gasteiger partial charge in [-0.1, -0.05) is 11.8 Å². The molecular weight excluding hydrogens is 682 g/mol. The molecular formula is C20H22N10O13P2S-2. The molecule has 0 saturated carbocycles. The molecule has 46 heavy (non-hydrogen) atoms. The number of rotatable bonds is 2. The van der Waals surface area contributed by atoms with E-state index in [4.69, 9.17) is 50.8 Å². The number of phosphoric acid groups is 1. The van der Waals surface area contributed by atoms with Gasteiger partial charge in [-0.2, -0.15) is 9.97 Å². The van der Waals surface area contributed by atoms with Crippen LogP contribution < -0.4 is 32.4 Å². The molecule has 4 bridgehead atoms. The van der Waals surface area contributed by atoms with Crippen molar-refractivity contribution in [3.63, 3.8) is 0 Å². The number of anilines is 2. The second-order valence-corrected chi connectivity index (χ2v) is 14.4. The number of nitrogens with two attached hydrogens (primary N) is 2. The van der Waals surface area contributed by atoms with Crippen molar-refractivity contribution in [2.24, 2.45) is 0 Å². The van der Waals surface area contributed by atoms with Crippen LogP contribution in [0.1, 0.15) is 12.5 Å². The Hall–Kier alpha value is -3.22. The molecule has 0 radical (unpaired) electrons. The number of fused-ring (bicyclic) bond motifs is 6. The van der Waals surface area contributed by atoms with Crippen molar-refractivity contribution in [2.45, 2.75) is 49.1 Å². The second kappa shape index (κ2) is 11.2. The molecule has 8 N–H and O–H groups in total. The Balaban J connectivity index is 1.23. The van der Waals surface area contributed by atoms with Gasteiger partial charge in [0.15, 0.2) is 34.8 Å². The lowest BCUT2D eigenvalue weighted by molar-refractivity contribution is -0.237. The maximum absolute atomic E-state index is 13.4. The highest BCUT2D eigenvalue weighted by molar-refractivity contribution is 8.06. The first-order valence-electron chi connectivity index (χ1n) is 13.1. The Kier molecular flexibility index (Phi) is 7.64. The number of ether oxygens (including phenoxy) is 2. The van der Waals surface area contributed by atoms with Crippen molar-refractivity contribution in [2.75, 3.05) is 24.7 Å². The monoisotopic (exact) mass is 704 g/mol. The molecule has 0 aromatic carbocycles. The average molecular weight is 704 g/mol. The summed E-state index contributed by atoms with van der Waals surface area (Å²) in [5, 5.41) is 22.2. The van der Waals surface area contributed by atoms with Crippen LogP contribution in [0.2, 0.25) is 0 Å². The maximum atomic E-state index is 13.4. The standard InChI is InChI=1S/C20H24N10O13P2S/c21-19-25-13-7(15(33)27-19)23-3-29(13)17-11-9(31)6(41-17)2-39-45(37,46)43-12-10(32)5(1-38-44(35,36)42-11)40-18(12)30-4-24-8-14(30)26-20(22)28-16(8)34/h3-6,9-12,17-18,31-32H,1-2H2,(H,35,36)(H,37,46)(H3,21,25,27,33)(H3,22,26,28,34)/p-2/t5-,6-,9-,10-,11-,12-,17-,18?,45?/m1/s1. The zero-order valence-electron chi connectivity index (χ0n) is 22.7. The Morgan fingerprint density at radius 2 is 1.30 bits per heavy atom. The molecule has 3 saturated heterocycles. The van der Waals surface area contributed by atoms with Crippen LogP contribution in [0.4, 0.5) is 11.9 Å². The molecule has 0 spiro atoms. The van der Waals surface area contributed by atoms with Gasteiger partial charge < -0.3 is 59.0 Å². The van der Waals surface area contributed by atoms with Crippen LogP contribution in [-0.4, -0.2) is 99.1 Å². The lowest BCUT2D eigenvalue weighted by atomic mass is 10.1. The Bertz CT molecular complexity index is 1910. The fourth-order valence-corrected chi connectivity index (χ4v) is 7.65. The van der Waals surface area contributed by atoms with Gasteiger partial charge in [-0.3, -0.25) is 33.3 Å². The molecule has 4 aromatic heterocycles. The van der Waals surface area contributed by atoms with Crippen LogP contribution >= 0.6 is 14.5 Å². The number of hydrogen-bond acceptors (Lipinski definition) is 20. The summed E-state index contributed by atoms with van der Waals surface area (Å²) < 4.78 is 48.1. The van der Waals surface area contributed by atoms with E-state index in [0.717, 1.165) is 21.8 Å². The van der Waals surface area contributed by atoms with Crippen molar-refractivity contribution in [1.82, 2.24) is 39.0 Å². The van der Waals surface area contributed by atoms with Gasteiger partial charge in [0, 0.05) is 0 Å². The number of imidazole rings is 2. The predicted octanol–water partition coefficient (Wildman–Crippen LogP) is -4.20. The van der Waals surface area contributed by atoms with Gasteiger partial charge in [0.25, 0.3) is 18.9 Å². The van der Waals surface area contributed by atoms with E-state index in [2.05, 4.69) is 29.9 Å². The van der Waals surface area contributed by atoms with Gasteiger partial charge in [0.2, 0.25) is 11.9 Å². The molecule has 23 nitrogen and oxygen atoms in total. The van der Waals surface area contributed by atoms with Gasteiger partial charge in [0.1, 0.15) is 43.3 Å². The Morgan fingerprint density at radius 3 is 1.80 bits per heavy atom. The van der Waals surface area contributed by atoms with Gasteiger partial charge in [-0.05, 0) is 0 Å². The zero-order valence-corrected chi connectivity index (χ0v) is 25.3. The van der Waals surface area contributed by atoms with Crippen molar-refractivity contribution in [3.8, 4) is 0 Å². The SMILES string of the molecule is Nc1nc2c(ncn2C2O[C@@H]3COP(=O)([O-])O[C@@H]4[C@H](O)[C@@H](COP([O-])(=S)O[C@@H]2[C@@H]3O)O[C@H]4n2cnc3c(=O)[nH]c(N)nc32)c(=O)[nH]1. The molecule has 10 atom stereocenters. The van der Waals surface area contributed by atoms with Gasteiger partial charge in [-0.15, -0.1) is 0 Å². The van der Waals surface area contributed by atoms with Crippen LogP contribution in [0, 0.1) is 0 Å². The first-order valence-corrected chi connectivity index (χ1v) is 17.1. The molecule has 26 heteroatoms. The third-order valence-corrected chi connectivity index (χ3v) is 9.88. The summed E-state index contributed by atoms with van der Waals surface area (Å²) in [6.45, 7) is -6.20. The van der Waals surface area contributed by atoms with Crippen molar-refractivity contribution in [3.05, 3.63) is 33.4 Å². The van der Waals surface area contributed by atoms with E-state index < -0.39 is 88.0 Å².